The number of nitrogens with zero attached hydrogens (tertiary/aromatic N) is 1. The van der Waals surface area contributed by atoms with Gasteiger partial charge in [0.25, 0.3) is 5.88 Å². The topological polar surface area (TPSA) is 90.9 Å². The number of rotatable bonds is 9. The standard InChI is InChI=1S/C26H37N3O5/c1-26(2,3)34-25(30)29-16-20-11-21(13-22(20)31-4)27-14-17-7-9-18(10-8-17)19-12-23(32-5)24(33-6)28-15-19/h7-10,12,15,20-22,27H,11,13-14,16H2,1-6H3,(H,29,30)/t20-,21+,22-/m0/s1. The van der Waals surface area contributed by atoms with Crippen LogP contribution in [0.2, 0.25) is 0 Å². The quantitative estimate of drug-likeness (QED) is 0.567. The van der Waals surface area contributed by atoms with Gasteiger partial charge in [-0.1, -0.05) is 24.3 Å². The number of ether oxygens (including phenoxy) is 4. The largest absolute Gasteiger partial charge is 0.491 e. The summed E-state index contributed by atoms with van der Waals surface area (Å²) in [5.74, 6) is 1.32. The Kier molecular flexibility index (Phi) is 8.74. The number of amides is 1. The molecule has 1 amide bonds. The lowest BCUT2D eigenvalue weighted by atomic mass is 10.0. The van der Waals surface area contributed by atoms with E-state index in [1.54, 1.807) is 27.5 Å². The Bertz CT molecular complexity index is 942. The summed E-state index contributed by atoms with van der Waals surface area (Å²) < 4.78 is 21.6. The number of nitrogens with one attached hydrogen (secondary N) is 2. The zero-order valence-electron chi connectivity index (χ0n) is 21.0. The Hall–Kier alpha value is -2.84. The minimum Gasteiger partial charge on any atom is -0.491 e. The second kappa shape index (κ2) is 11.5. The minimum absolute atomic E-state index is 0.104. The maximum Gasteiger partial charge on any atom is 0.407 e. The van der Waals surface area contributed by atoms with E-state index in [9.17, 15) is 4.79 Å². The molecule has 0 spiro atoms. The minimum atomic E-state index is -0.504. The van der Waals surface area contributed by atoms with Crippen molar-refractivity contribution >= 4 is 6.09 Å². The molecule has 2 aromatic rings. The number of hydrogen-bond donors (Lipinski definition) is 2. The summed E-state index contributed by atoms with van der Waals surface area (Å²) in [5.41, 5.74) is 2.72. The summed E-state index contributed by atoms with van der Waals surface area (Å²) in [5, 5.41) is 6.52. The van der Waals surface area contributed by atoms with Gasteiger partial charge in [-0.15, -0.1) is 0 Å². The van der Waals surface area contributed by atoms with Crippen LogP contribution in [0.4, 0.5) is 4.79 Å². The van der Waals surface area contributed by atoms with Crippen molar-refractivity contribution in [2.45, 2.75) is 57.9 Å². The predicted molar refractivity (Wildman–Crippen MR) is 131 cm³/mol. The first-order valence-corrected chi connectivity index (χ1v) is 11.6. The van der Waals surface area contributed by atoms with Crippen molar-refractivity contribution in [1.29, 1.82) is 0 Å². The van der Waals surface area contributed by atoms with Gasteiger partial charge in [0.2, 0.25) is 0 Å². The molecule has 0 saturated heterocycles. The highest BCUT2D eigenvalue weighted by atomic mass is 16.6. The normalized spacial score (nSPS) is 20.1. The maximum absolute atomic E-state index is 12.0. The van der Waals surface area contributed by atoms with Crippen LogP contribution in [0, 0.1) is 5.92 Å². The SMILES string of the molecule is COc1cc(-c2ccc(CN[C@@H]3C[C@@H](CNC(=O)OC(C)(C)C)[C@@H](OC)C3)cc2)cnc1OC. The average Bonchev–Trinajstić information content (AvgIpc) is 3.22. The van der Waals surface area contributed by atoms with Crippen molar-refractivity contribution in [1.82, 2.24) is 15.6 Å². The first-order chi connectivity index (χ1) is 16.2. The van der Waals surface area contributed by atoms with Crippen LogP contribution < -0.4 is 20.1 Å². The lowest BCUT2D eigenvalue weighted by molar-refractivity contribution is 0.0456. The molecule has 1 fully saturated rings. The summed E-state index contributed by atoms with van der Waals surface area (Å²) in [4.78, 5) is 16.3. The molecule has 2 N–H and O–H groups in total. The van der Waals surface area contributed by atoms with Crippen molar-refractivity contribution in [2.24, 2.45) is 5.92 Å². The van der Waals surface area contributed by atoms with Gasteiger partial charge in [0.05, 0.1) is 20.3 Å². The summed E-state index contributed by atoms with van der Waals surface area (Å²) in [6.45, 7) is 6.88. The van der Waals surface area contributed by atoms with Crippen LogP contribution in [-0.4, -0.2) is 56.7 Å². The third-order valence-electron chi connectivity index (χ3n) is 5.95. The number of hydrogen-bond acceptors (Lipinski definition) is 7. The van der Waals surface area contributed by atoms with Gasteiger partial charge >= 0.3 is 6.09 Å². The number of benzene rings is 1. The summed E-state index contributed by atoms with van der Waals surface area (Å²) >= 11 is 0. The number of carbonyl (C=O) groups is 1. The van der Waals surface area contributed by atoms with Gasteiger partial charge in [-0.25, -0.2) is 9.78 Å². The van der Waals surface area contributed by atoms with E-state index in [0.29, 0.717) is 24.2 Å². The molecule has 3 atom stereocenters. The van der Waals surface area contributed by atoms with Crippen LogP contribution in [0.1, 0.15) is 39.2 Å². The van der Waals surface area contributed by atoms with Gasteiger partial charge in [-0.3, -0.25) is 0 Å². The van der Waals surface area contributed by atoms with E-state index < -0.39 is 5.60 Å². The monoisotopic (exact) mass is 471 g/mol. The fourth-order valence-electron chi connectivity index (χ4n) is 4.25. The third-order valence-corrected chi connectivity index (χ3v) is 5.95. The van der Waals surface area contributed by atoms with Crippen LogP contribution in [0.5, 0.6) is 11.6 Å². The van der Waals surface area contributed by atoms with E-state index in [-0.39, 0.29) is 18.1 Å². The van der Waals surface area contributed by atoms with Gasteiger partial charge in [0.15, 0.2) is 5.75 Å². The number of pyridine rings is 1. The predicted octanol–water partition coefficient (Wildman–Crippen LogP) is 4.17. The molecule has 0 bridgehead atoms. The third kappa shape index (κ3) is 7.08. The molecule has 186 valence electrons. The highest BCUT2D eigenvalue weighted by molar-refractivity contribution is 5.67. The molecule has 1 aliphatic carbocycles. The summed E-state index contributed by atoms with van der Waals surface area (Å²) in [6.07, 6.45) is 3.34. The van der Waals surface area contributed by atoms with Crippen LogP contribution in [0.3, 0.4) is 0 Å². The van der Waals surface area contributed by atoms with Crippen molar-refractivity contribution in [3.8, 4) is 22.8 Å². The molecule has 8 nitrogen and oxygen atoms in total. The van der Waals surface area contributed by atoms with Gasteiger partial charge in [0, 0.05) is 43.9 Å². The molecule has 0 radical (unpaired) electrons. The van der Waals surface area contributed by atoms with E-state index >= 15 is 0 Å². The molecule has 1 aromatic heterocycles. The zero-order chi connectivity index (χ0) is 24.7. The molecule has 1 aliphatic rings. The highest BCUT2D eigenvalue weighted by Gasteiger charge is 2.34. The van der Waals surface area contributed by atoms with Crippen LogP contribution in [-0.2, 0) is 16.0 Å². The average molecular weight is 472 g/mol. The Balaban J connectivity index is 1.52. The molecule has 1 aromatic carbocycles. The van der Waals surface area contributed by atoms with Crippen molar-refractivity contribution < 1.29 is 23.7 Å². The molecular weight excluding hydrogens is 434 g/mol. The van der Waals surface area contributed by atoms with Crippen molar-refractivity contribution in [2.75, 3.05) is 27.9 Å². The molecule has 1 heterocycles. The first kappa shape index (κ1) is 25.8. The number of aromatic nitrogens is 1. The second-order valence-electron chi connectivity index (χ2n) is 9.60. The second-order valence-corrected chi connectivity index (χ2v) is 9.60. The summed E-state index contributed by atoms with van der Waals surface area (Å²) in [6, 6.07) is 10.6. The summed E-state index contributed by atoms with van der Waals surface area (Å²) in [7, 11) is 4.91. The number of alkyl carbamates (subject to hydrolysis) is 1. The van der Waals surface area contributed by atoms with E-state index in [1.165, 1.54) is 5.56 Å². The van der Waals surface area contributed by atoms with Crippen molar-refractivity contribution in [3.05, 3.63) is 42.1 Å². The van der Waals surface area contributed by atoms with Crippen LogP contribution >= 0.6 is 0 Å². The van der Waals surface area contributed by atoms with Crippen LogP contribution in [0.25, 0.3) is 11.1 Å². The molecule has 8 heteroatoms. The van der Waals surface area contributed by atoms with E-state index in [0.717, 1.165) is 30.5 Å². The van der Waals surface area contributed by atoms with E-state index in [1.807, 2.05) is 26.8 Å². The van der Waals surface area contributed by atoms with E-state index in [4.69, 9.17) is 18.9 Å². The zero-order valence-corrected chi connectivity index (χ0v) is 21.0. The molecule has 1 saturated carbocycles. The lowest BCUT2D eigenvalue weighted by Gasteiger charge is -2.22. The van der Waals surface area contributed by atoms with Crippen molar-refractivity contribution in [3.63, 3.8) is 0 Å². The molecule has 0 unspecified atom stereocenters. The molecule has 34 heavy (non-hydrogen) atoms. The van der Waals surface area contributed by atoms with Gasteiger partial charge in [0.1, 0.15) is 5.60 Å². The number of methoxy groups -OCH3 is 3. The first-order valence-electron chi connectivity index (χ1n) is 11.6. The Morgan fingerprint density at radius 2 is 1.79 bits per heavy atom. The lowest BCUT2D eigenvalue weighted by Crippen LogP contribution is -2.37. The van der Waals surface area contributed by atoms with Gasteiger partial charge in [-0.2, -0.15) is 0 Å². The Labute approximate surface area is 202 Å². The number of carbonyl (C=O) groups excluding carboxylic acids is 1. The highest BCUT2D eigenvalue weighted by Crippen LogP contribution is 2.31. The molecule has 3 rings (SSSR count). The smallest absolute Gasteiger partial charge is 0.407 e. The van der Waals surface area contributed by atoms with Gasteiger partial charge in [-0.05, 0) is 50.8 Å². The maximum atomic E-state index is 12.0. The Morgan fingerprint density at radius 1 is 1.06 bits per heavy atom. The van der Waals surface area contributed by atoms with Gasteiger partial charge < -0.3 is 29.6 Å². The Morgan fingerprint density at radius 3 is 2.41 bits per heavy atom. The van der Waals surface area contributed by atoms with Crippen LogP contribution in [0.15, 0.2) is 36.5 Å². The fourth-order valence-corrected chi connectivity index (χ4v) is 4.25. The van der Waals surface area contributed by atoms with E-state index in [2.05, 4.69) is 39.9 Å². The molecule has 0 aliphatic heterocycles. The molecular formula is C26H37N3O5. The fraction of sp³-hybridized carbons (Fsp3) is 0.538.